The third-order valence-corrected chi connectivity index (χ3v) is 3.19. The molecule has 5 heteroatoms. The van der Waals surface area contributed by atoms with Gasteiger partial charge >= 0.3 is 0 Å². The van der Waals surface area contributed by atoms with Gasteiger partial charge in [-0.05, 0) is 31.5 Å². The molecule has 0 aliphatic carbocycles. The summed E-state index contributed by atoms with van der Waals surface area (Å²) in [5.74, 6) is -0.224. The van der Waals surface area contributed by atoms with Crippen molar-refractivity contribution in [1.29, 1.82) is 0 Å². The van der Waals surface area contributed by atoms with Crippen LogP contribution in [0.2, 0.25) is 0 Å². The summed E-state index contributed by atoms with van der Waals surface area (Å²) in [6.07, 6.45) is 1.52. The molecule has 1 amide bonds. The monoisotopic (exact) mass is 279 g/mol. The Bertz CT molecular complexity index is 470. The van der Waals surface area contributed by atoms with Crippen LogP contribution in [0.3, 0.4) is 0 Å². The molecule has 0 radical (unpaired) electrons. The van der Waals surface area contributed by atoms with Crippen molar-refractivity contribution in [2.45, 2.75) is 32.3 Å². The van der Waals surface area contributed by atoms with Gasteiger partial charge in [-0.3, -0.25) is 4.79 Å². The van der Waals surface area contributed by atoms with E-state index in [2.05, 4.69) is 5.32 Å². The molecule has 0 spiro atoms. The van der Waals surface area contributed by atoms with Crippen molar-refractivity contribution >= 4 is 17.3 Å². The number of nitrogens with zero attached hydrogens (tertiary/aromatic N) is 1. The third kappa shape index (κ3) is 4.42. The standard InChI is InChI=1S/C15H25N3O2/c1-5-8-15(2,20)10-17-14(19)11-6-7-13(18(3)4)12(16)9-11/h6-7,9,20H,5,8,10,16H2,1-4H3,(H,17,19). The average molecular weight is 279 g/mol. The summed E-state index contributed by atoms with van der Waals surface area (Å²) in [7, 11) is 3.79. The average Bonchev–Trinajstić information content (AvgIpc) is 2.35. The van der Waals surface area contributed by atoms with E-state index in [1.807, 2.05) is 32.0 Å². The van der Waals surface area contributed by atoms with Crippen molar-refractivity contribution in [1.82, 2.24) is 5.32 Å². The molecule has 1 aromatic carbocycles. The van der Waals surface area contributed by atoms with Crippen LogP contribution in [0.25, 0.3) is 0 Å². The van der Waals surface area contributed by atoms with Gasteiger partial charge in [0.25, 0.3) is 5.91 Å². The summed E-state index contributed by atoms with van der Waals surface area (Å²) in [6, 6.07) is 5.20. The Morgan fingerprint density at radius 1 is 1.45 bits per heavy atom. The van der Waals surface area contributed by atoms with E-state index in [9.17, 15) is 9.90 Å². The van der Waals surface area contributed by atoms with Gasteiger partial charge in [0, 0.05) is 26.2 Å². The van der Waals surface area contributed by atoms with Crippen LogP contribution in [0.4, 0.5) is 11.4 Å². The second kappa shape index (κ2) is 6.61. The first-order valence-corrected chi connectivity index (χ1v) is 6.84. The number of amides is 1. The van der Waals surface area contributed by atoms with Gasteiger partial charge in [-0.1, -0.05) is 13.3 Å². The highest BCUT2D eigenvalue weighted by molar-refractivity contribution is 5.96. The van der Waals surface area contributed by atoms with Crippen LogP contribution < -0.4 is 16.0 Å². The van der Waals surface area contributed by atoms with E-state index in [1.165, 1.54) is 0 Å². The molecule has 1 unspecified atom stereocenters. The summed E-state index contributed by atoms with van der Waals surface area (Å²) < 4.78 is 0. The lowest BCUT2D eigenvalue weighted by Crippen LogP contribution is -2.40. The van der Waals surface area contributed by atoms with E-state index in [0.29, 0.717) is 17.7 Å². The van der Waals surface area contributed by atoms with Crippen molar-refractivity contribution in [3.63, 3.8) is 0 Å². The third-order valence-electron chi connectivity index (χ3n) is 3.19. The number of benzene rings is 1. The lowest BCUT2D eigenvalue weighted by Gasteiger charge is -2.23. The second-order valence-corrected chi connectivity index (χ2v) is 5.60. The minimum absolute atomic E-state index is 0.224. The molecule has 1 rings (SSSR count). The lowest BCUT2D eigenvalue weighted by molar-refractivity contribution is 0.0469. The Balaban J connectivity index is 2.71. The van der Waals surface area contributed by atoms with Crippen LogP contribution in [0.5, 0.6) is 0 Å². The summed E-state index contributed by atoms with van der Waals surface area (Å²) in [4.78, 5) is 13.9. The number of carbonyl (C=O) groups excluding carboxylic acids is 1. The molecule has 20 heavy (non-hydrogen) atoms. The molecule has 112 valence electrons. The van der Waals surface area contributed by atoms with E-state index in [0.717, 1.165) is 12.1 Å². The van der Waals surface area contributed by atoms with Gasteiger partial charge < -0.3 is 21.1 Å². The van der Waals surface area contributed by atoms with Gasteiger partial charge in [0.1, 0.15) is 0 Å². The molecule has 0 aromatic heterocycles. The number of anilines is 2. The van der Waals surface area contributed by atoms with Crippen LogP contribution in [-0.2, 0) is 0 Å². The fourth-order valence-electron chi connectivity index (χ4n) is 2.10. The highest BCUT2D eigenvalue weighted by atomic mass is 16.3. The van der Waals surface area contributed by atoms with Crippen LogP contribution in [0, 0.1) is 0 Å². The first kappa shape index (κ1) is 16.3. The molecule has 4 N–H and O–H groups in total. The summed E-state index contributed by atoms with van der Waals surface area (Å²) >= 11 is 0. The fourth-order valence-corrected chi connectivity index (χ4v) is 2.10. The Labute approximate surface area is 120 Å². The van der Waals surface area contributed by atoms with E-state index in [-0.39, 0.29) is 12.5 Å². The number of aliphatic hydroxyl groups is 1. The van der Waals surface area contributed by atoms with Crippen LogP contribution in [0.1, 0.15) is 37.0 Å². The zero-order valence-electron chi connectivity index (χ0n) is 12.7. The zero-order valence-corrected chi connectivity index (χ0v) is 12.7. The Hall–Kier alpha value is -1.75. The molecule has 0 fully saturated rings. The smallest absolute Gasteiger partial charge is 0.251 e. The van der Waals surface area contributed by atoms with Crippen molar-refractivity contribution < 1.29 is 9.90 Å². The maximum absolute atomic E-state index is 12.0. The number of nitrogens with two attached hydrogens (primary N) is 1. The highest BCUT2D eigenvalue weighted by Crippen LogP contribution is 2.22. The van der Waals surface area contributed by atoms with Gasteiger partial charge in [-0.15, -0.1) is 0 Å². The van der Waals surface area contributed by atoms with Crippen LogP contribution in [0.15, 0.2) is 18.2 Å². The van der Waals surface area contributed by atoms with Gasteiger partial charge in [0.2, 0.25) is 0 Å². The molecule has 0 saturated carbocycles. The largest absolute Gasteiger partial charge is 0.397 e. The number of hydrogen-bond acceptors (Lipinski definition) is 4. The van der Waals surface area contributed by atoms with E-state index < -0.39 is 5.60 Å². The molecule has 0 bridgehead atoms. The number of nitrogen functional groups attached to an aromatic ring is 1. The van der Waals surface area contributed by atoms with E-state index >= 15 is 0 Å². The predicted octanol–water partition coefficient (Wildman–Crippen LogP) is 1.62. The normalized spacial score (nSPS) is 13.7. The van der Waals surface area contributed by atoms with Crippen molar-refractivity contribution in [3.8, 4) is 0 Å². The number of nitrogens with one attached hydrogen (secondary N) is 1. The molecule has 0 aliphatic heterocycles. The number of hydrogen-bond donors (Lipinski definition) is 3. The lowest BCUT2D eigenvalue weighted by atomic mass is 10.0. The second-order valence-electron chi connectivity index (χ2n) is 5.60. The van der Waals surface area contributed by atoms with Gasteiger partial charge in [-0.25, -0.2) is 0 Å². The first-order chi connectivity index (χ1) is 9.26. The minimum atomic E-state index is -0.875. The van der Waals surface area contributed by atoms with E-state index in [1.54, 1.807) is 19.1 Å². The van der Waals surface area contributed by atoms with Crippen LogP contribution >= 0.6 is 0 Å². The molecule has 1 atom stereocenters. The molecular formula is C15H25N3O2. The van der Waals surface area contributed by atoms with Crippen molar-refractivity contribution in [3.05, 3.63) is 23.8 Å². The van der Waals surface area contributed by atoms with Gasteiger partial charge in [-0.2, -0.15) is 0 Å². The SMILES string of the molecule is CCCC(C)(O)CNC(=O)c1ccc(N(C)C)c(N)c1. The van der Waals surface area contributed by atoms with Crippen LogP contribution in [-0.4, -0.2) is 37.3 Å². The molecule has 0 saturated heterocycles. The van der Waals surface area contributed by atoms with Gasteiger partial charge in [0.05, 0.1) is 17.0 Å². The molecule has 1 aromatic rings. The summed E-state index contributed by atoms with van der Waals surface area (Å²) in [5, 5.41) is 12.8. The number of rotatable bonds is 6. The Morgan fingerprint density at radius 2 is 2.10 bits per heavy atom. The van der Waals surface area contributed by atoms with Gasteiger partial charge in [0.15, 0.2) is 0 Å². The zero-order chi connectivity index (χ0) is 15.3. The van der Waals surface area contributed by atoms with Crippen molar-refractivity contribution in [2.75, 3.05) is 31.3 Å². The Kier molecular flexibility index (Phi) is 5.39. The quantitative estimate of drug-likeness (QED) is 0.691. The Morgan fingerprint density at radius 3 is 2.60 bits per heavy atom. The topological polar surface area (TPSA) is 78.6 Å². The molecule has 0 heterocycles. The maximum atomic E-state index is 12.0. The van der Waals surface area contributed by atoms with Crippen molar-refractivity contribution in [2.24, 2.45) is 0 Å². The fraction of sp³-hybridized carbons (Fsp3) is 0.533. The maximum Gasteiger partial charge on any atom is 0.251 e. The first-order valence-electron chi connectivity index (χ1n) is 6.84. The predicted molar refractivity (Wildman–Crippen MR) is 83.0 cm³/mol. The van der Waals surface area contributed by atoms with E-state index in [4.69, 9.17) is 5.73 Å². The summed E-state index contributed by atoms with van der Waals surface area (Å²) in [6.45, 7) is 3.95. The number of carbonyl (C=O) groups is 1. The summed E-state index contributed by atoms with van der Waals surface area (Å²) in [5.41, 5.74) is 6.98. The molecule has 5 nitrogen and oxygen atoms in total. The minimum Gasteiger partial charge on any atom is -0.397 e. The molecular weight excluding hydrogens is 254 g/mol. The highest BCUT2D eigenvalue weighted by Gasteiger charge is 2.20. The molecule has 0 aliphatic rings.